The molecule has 0 fully saturated rings. The van der Waals surface area contributed by atoms with E-state index in [9.17, 15) is 4.39 Å². The topological polar surface area (TPSA) is 25.8 Å². The lowest BCUT2D eigenvalue weighted by atomic mass is 10.1. The summed E-state index contributed by atoms with van der Waals surface area (Å²) in [6, 6.07) is 12.4. The van der Waals surface area contributed by atoms with E-state index in [4.69, 9.17) is 0 Å². The quantitative estimate of drug-likeness (QED) is 0.645. The van der Waals surface area contributed by atoms with Crippen LogP contribution in [0.15, 0.2) is 48.7 Å². The van der Waals surface area contributed by atoms with Crippen LogP contribution in [0.2, 0.25) is 0 Å². The molecule has 0 spiro atoms. The second-order valence-corrected chi connectivity index (χ2v) is 4.19. The van der Waals surface area contributed by atoms with Crippen molar-refractivity contribution in [1.29, 1.82) is 0 Å². The average Bonchev–Trinajstić information content (AvgIpc) is 2.40. The smallest absolute Gasteiger partial charge is 0.162 e. The molecule has 18 heavy (non-hydrogen) atoms. The monoisotopic (exact) mass is 238 g/mol. The third-order valence-electron chi connectivity index (χ3n) is 2.93. The number of benzene rings is 2. The molecule has 0 aliphatic heterocycles. The second kappa shape index (κ2) is 4.18. The zero-order chi connectivity index (χ0) is 12.5. The van der Waals surface area contributed by atoms with Crippen molar-refractivity contribution in [1.82, 2.24) is 9.97 Å². The van der Waals surface area contributed by atoms with E-state index in [1.807, 2.05) is 25.1 Å². The summed E-state index contributed by atoms with van der Waals surface area (Å²) in [7, 11) is 0. The van der Waals surface area contributed by atoms with Crippen LogP contribution in [0.4, 0.5) is 4.39 Å². The molecule has 2 aromatic carbocycles. The minimum absolute atomic E-state index is 0.301. The molecule has 0 saturated carbocycles. The number of para-hydroxylation sites is 1. The van der Waals surface area contributed by atoms with Gasteiger partial charge < -0.3 is 0 Å². The molecule has 0 saturated heterocycles. The molecule has 0 radical (unpaired) electrons. The number of aromatic nitrogens is 2. The molecular weight excluding hydrogens is 227 g/mol. The van der Waals surface area contributed by atoms with Gasteiger partial charge in [-0.15, -0.1) is 0 Å². The number of hydrogen-bond donors (Lipinski definition) is 0. The average molecular weight is 238 g/mol. The molecule has 3 heteroatoms. The zero-order valence-electron chi connectivity index (χ0n) is 9.89. The maximum atomic E-state index is 13.7. The van der Waals surface area contributed by atoms with Crippen molar-refractivity contribution in [2.45, 2.75) is 6.92 Å². The van der Waals surface area contributed by atoms with Crippen LogP contribution in [0.25, 0.3) is 22.3 Å². The molecule has 0 amide bonds. The minimum Gasteiger partial charge on any atom is -0.236 e. The highest BCUT2D eigenvalue weighted by molar-refractivity contribution is 5.82. The number of hydrogen-bond acceptors (Lipinski definition) is 2. The number of rotatable bonds is 1. The summed E-state index contributed by atoms with van der Waals surface area (Å²) in [4.78, 5) is 8.68. The first-order valence-electron chi connectivity index (χ1n) is 5.73. The summed E-state index contributed by atoms with van der Waals surface area (Å²) in [5.74, 6) is 0.125. The maximum absolute atomic E-state index is 13.7. The van der Waals surface area contributed by atoms with Gasteiger partial charge in [0.25, 0.3) is 0 Å². The molecule has 0 bridgehead atoms. The third kappa shape index (κ3) is 1.74. The van der Waals surface area contributed by atoms with Crippen LogP contribution in [-0.4, -0.2) is 9.97 Å². The van der Waals surface area contributed by atoms with Crippen molar-refractivity contribution in [3.8, 4) is 11.4 Å². The van der Waals surface area contributed by atoms with Crippen LogP contribution in [0, 0.1) is 12.7 Å². The van der Waals surface area contributed by atoms with Crippen LogP contribution in [0.3, 0.4) is 0 Å². The first kappa shape index (κ1) is 10.8. The Labute approximate surface area is 104 Å². The van der Waals surface area contributed by atoms with Crippen molar-refractivity contribution < 1.29 is 4.39 Å². The third-order valence-corrected chi connectivity index (χ3v) is 2.93. The van der Waals surface area contributed by atoms with Gasteiger partial charge in [-0.3, -0.25) is 0 Å². The van der Waals surface area contributed by atoms with Crippen molar-refractivity contribution in [3.05, 3.63) is 60.0 Å². The molecule has 3 aromatic rings. The summed E-state index contributed by atoms with van der Waals surface area (Å²) in [6.45, 7) is 1.99. The molecule has 0 N–H and O–H groups in total. The van der Waals surface area contributed by atoms with Gasteiger partial charge in [-0.2, -0.15) is 0 Å². The maximum Gasteiger partial charge on any atom is 0.162 e. The number of aryl methyl sites for hydroxylation is 1. The lowest BCUT2D eigenvalue weighted by Gasteiger charge is -2.05. The van der Waals surface area contributed by atoms with E-state index in [1.165, 1.54) is 6.07 Å². The molecule has 1 aromatic heterocycles. The van der Waals surface area contributed by atoms with E-state index >= 15 is 0 Å². The number of nitrogens with zero attached hydrogens (tertiary/aromatic N) is 2. The van der Waals surface area contributed by atoms with Gasteiger partial charge in [-0.25, -0.2) is 14.4 Å². The number of halogens is 1. The van der Waals surface area contributed by atoms with Gasteiger partial charge in [0, 0.05) is 11.6 Å². The normalized spacial score (nSPS) is 10.8. The Bertz CT molecular complexity index is 723. The summed E-state index contributed by atoms with van der Waals surface area (Å²) in [6.07, 6.45) is 1.73. The molecule has 0 unspecified atom stereocenters. The first-order valence-corrected chi connectivity index (χ1v) is 5.73. The van der Waals surface area contributed by atoms with Crippen molar-refractivity contribution in [3.63, 3.8) is 0 Å². The number of fused-ring (bicyclic) bond motifs is 1. The molecule has 3 rings (SSSR count). The molecule has 2 nitrogen and oxygen atoms in total. The van der Waals surface area contributed by atoms with Crippen LogP contribution in [-0.2, 0) is 0 Å². The van der Waals surface area contributed by atoms with E-state index in [-0.39, 0.29) is 5.82 Å². The molecule has 0 atom stereocenters. The highest BCUT2D eigenvalue weighted by Gasteiger charge is 2.08. The van der Waals surface area contributed by atoms with Crippen molar-refractivity contribution in [2.24, 2.45) is 0 Å². The molecule has 88 valence electrons. The van der Waals surface area contributed by atoms with Crippen molar-refractivity contribution in [2.75, 3.05) is 0 Å². The van der Waals surface area contributed by atoms with Gasteiger partial charge >= 0.3 is 0 Å². The van der Waals surface area contributed by atoms with Crippen LogP contribution < -0.4 is 0 Å². The highest BCUT2D eigenvalue weighted by atomic mass is 19.1. The van der Waals surface area contributed by atoms with Gasteiger partial charge in [0.2, 0.25) is 0 Å². The minimum atomic E-state index is -0.301. The lowest BCUT2D eigenvalue weighted by molar-refractivity contribution is 0.630. The van der Waals surface area contributed by atoms with E-state index in [0.717, 1.165) is 16.5 Å². The summed E-state index contributed by atoms with van der Waals surface area (Å²) in [5, 5.41) is 0.968. The SMILES string of the molecule is Cc1cccc2cnc(-c3ccccc3F)nc12. The largest absolute Gasteiger partial charge is 0.236 e. The predicted octanol–water partition coefficient (Wildman–Crippen LogP) is 3.74. The lowest BCUT2D eigenvalue weighted by Crippen LogP contribution is -1.93. The van der Waals surface area contributed by atoms with Gasteiger partial charge in [0.05, 0.1) is 11.1 Å². The summed E-state index contributed by atoms with van der Waals surface area (Å²) in [5.41, 5.74) is 2.36. The van der Waals surface area contributed by atoms with E-state index < -0.39 is 0 Å². The van der Waals surface area contributed by atoms with Gasteiger partial charge in [-0.1, -0.05) is 30.3 Å². The van der Waals surface area contributed by atoms with Gasteiger partial charge in [0.15, 0.2) is 5.82 Å². The standard InChI is InChI=1S/C15H11FN2/c1-10-5-4-6-11-9-17-15(18-14(10)11)12-7-2-3-8-13(12)16/h2-9H,1H3. The molecule has 0 aliphatic carbocycles. The van der Waals surface area contributed by atoms with E-state index in [0.29, 0.717) is 11.4 Å². The Balaban J connectivity index is 2.26. The van der Waals surface area contributed by atoms with Crippen molar-refractivity contribution >= 4 is 10.9 Å². The van der Waals surface area contributed by atoms with Crippen LogP contribution >= 0.6 is 0 Å². The Morgan fingerprint density at radius 2 is 1.83 bits per heavy atom. The summed E-state index contributed by atoms with van der Waals surface area (Å²) >= 11 is 0. The fourth-order valence-electron chi connectivity index (χ4n) is 1.98. The molecular formula is C15H11FN2. The first-order chi connectivity index (χ1) is 8.75. The Hall–Kier alpha value is -2.29. The van der Waals surface area contributed by atoms with E-state index in [1.54, 1.807) is 24.4 Å². The Kier molecular flexibility index (Phi) is 2.52. The van der Waals surface area contributed by atoms with Gasteiger partial charge in [0.1, 0.15) is 5.82 Å². The van der Waals surface area contributed by atoms with Crippen LogP contribution in [0.5, 0.6) is 0 Å². The van der Waals surface area contributed by atoms with E-state index in [2.05, 4.69) is 9.97 Å². The van der Waals surface area contributed by atoms with Gasteiger partial charge in [-0.05, 0) is 24.6 Å². The highest BCUT2D eigenvalue weighted by Crippen LogP contribution is 2.22. The predicted molar refractivity (Wildman–Crippen MR) is 69.7 cm³/mol. The molecule has 1 heterocycles. The van der Waals surface area contributed by atoms with Crippen LogP contribution in [0.1, 0.15) is 5.56 Å². The fraction of sp³-hybridized carbons (Fsp3) is 0.0667. The Morgan fingerprint density at radius 1 is 1.00 bits per heavy atom. The second-order valence-electron chi connectivity index (χ2n) is 4.19. The Morgan fingerprint density at radius 3 is 2.67 bits per heavy atom. The zero-order valence-corrected chi connectivity index (χ0v) is 9.89. The fourth-order valence-corrected chi connectivity index (χ4v) is 1.98. The molecule has 0 aliphatic rings. The summed E-state index contributed by atoms with van der Waals surface area (Å²) < 4.78 is 13.7.